The third-order valence-electron chi connectivity index (χ3n) is 5.49. The average Bonchev–Trinajstić information content (AvgIpc) is 2.85. The number of alkyl halides is 3. The van der Waals surface area contributed by atoms with Crippen molar-refractivity contribution in [3.05, 3.63) is 123 Å². The number of amides is 1. The topological polar surface area (TPSA) is 114 Å². The number of aromatic nitrogens is 3. The average molecular weight is 493 g/mol. The van der Waals surface area contributed by atoms with Gasteiger partial charge >= 0.3 is 6.18 Å². The Morgan fingerprint density at radius 2 is 1.69 bits per heavy atom. The van der Waals surface area contributed by atoms with E-state index in [1.54, 1.807) is 24.4 Å². The molecule has 0 aliphatic heterocycles. The van der Waals surface area contributed by atoms with Crippen molar-refractivity contribution < 1.29 is 18.0 Å². The Morgan fingerprint density at radius 1 is 0.972 bits per heavy atom. The number of nitrogens with zero attached hydrogens (tertiary/aromatic N) is 2. The van der Waals surface area contributed by atoms with Crippen LogP contribution in [0.5, 0.6) is 0 Å². The molecule has 0 bridgehead atoms. The van der Waals surface area contributed by atoms with Crippen molar-refractivity contribution in [1.29, 1.82) is 0 Å². The lowest BCUT2D eigenvalue weighted by molar-refractivity contribution is -0.141. The highest BCUT2D eigenvalue weighted by atomic mass is 19.4. The Labute approximate surface area is 204 Å². The third-order valence-corrected chi connectivity index (χ3v) is 5.49. The van der Waals surface area contributed by atoms with E-state index in [1.165, 1.54) is 24.4 Å². The van der Waals surface area contributed by atoms with Crippen molar-refractivity contribution in [1.82, 2.24) is 20.3 Å². The standard InChI is InChI=1S/C26H22F3N5O2/c27-26(28,29)23-20(7-8-22(30)34-23)15-33-25(36)19-9-11-31-21(14-19)13-17-5-3-16(4-6-17)12-18-2-1-10-32-24(18)35/h1-11,14H,12-13,15H2,(H2,30,34)(H,32,35)(H,33,36). The summed E-state index contributed by atoms with van der Waals surface area (Å²) in [7, 11) is 0. The summed E-state index contributed by atoms with van der Waals surface area (Å²) in [6.07, 6.45) is -0.666. The number of hydrogen-bond donors (Lipinski definition) is 3. The van der Waals surface area contributed by atoms with Gasteiger partial charge in [-0.3, -0.25) is 14.6 Å². The molecule has 7 nitrogen and oxygen atoms in total. The van der Waals surface area contributed by atoms with Gasteiger partial charge in [0, 0.05) is 54.2 Å². The molecule has 1 aromatic carbocycles. The second-order valence-electron chi connectivity index (χ2n) is 8.15. The normalized spacial score (nSPS) is 11.3. The van der Waals surface area contributed by atoms with Crippen LogP contribution in [0.2, 0.25) is 0 Å². The summed E-state index contributed by atoms with van der Waals surface area (Å²) < 4.78 is 39.7. The summed E-state index contributed by atoms with van der Waals surface area (Å²) in [5.41, 5.74) is 7.45. The van der Waals surface area contributed by atoms with Crippen LogP contribution in [0, 0.1) is 0 Å². The molecule has 0 aliphatic rings. The van der Waals surface area contributed by atoms with Crippen molar-refractivity contribution in [3.63, 3.8) is 0 Å². The van der Waals surface area contributed by atoms with E-state index in [9.17, 15) is 22.8 Å². The molecule has 184 valence electrons. The smallest absolute Gasteiger partial charge is 0.384 e. The third kappa shape index (κ3) is 6.15. The van der Waals surface area contributed by atoms with Gasteiger partial charge in [0.15, 0.2) is 5.69 Å². The zero-order valence-corrected chi connectivity index (χ0v) is 19.0. The van der Waals surface area contributed by atoms with E-state index in [4.69, 9.17) is 5.73 Å². The summed E-state index contributed by atoms with van der Waals surface area (Å²) in [5.74, 6) is -0.787. The number of H-pyrrole nitrogens is 1. The lowest BCUT2D eigenvalue weighted by atomic mass is 10.0. The molecular weight excluding hydrogens is 471 g/mol. The van der Waals surface area contributed by atoms with Crippen LogP contribution in [-0.4, -0.2) is 20.9 Å². The highest BCUT2D eigenvalue weighted by molar-refractivity contribution is 5.94. The maximum Gasteiger partial charge on any atom is 0.433 e. The van der Waals surface area contributed by atoms with Gasteiger partial charge in [0.1, 0.15) is 5.82 Å². The summed E-state index contributed by atoms with van der Waals surface area (Å²) in [6.45, 7) is -0.357. The number of anilines is 1. The summed E-state index contributed by atoms with van der Waals surface area (Å²) in [6, 6.07) is 16.8. The highest BCUT2D eigenvalue weighted by Crippen LogP contribution is 2.31. The van der Waals surface area contributed by atoms with Crippen molar-refractivity contribution in [3.8, 4) is 0 Å². The quantitative estimate of drug-likeness (QED) is 0.362. The van der Waals surface area contributed by atoms with Gasteiger partial charge in [-0.05, 0) is 35.4 Å². The molecule has 36 heavy (non-hydrogen) atoms. The fourth-order valence-corrected chi connectivity index (χ4v) is 3.68. The number of aromatic amines is 1. The number of nitrogen functional groups attached to an aromatic ring is 1. The number of hydrogen-bond acceptors (Lipinski definition) is 5. The van der Waals surface area contributed by atoms with Crippen LogP contribution in [0.4, 0.5) is 19.0 Å². The molecule has 4 aromatic rings. The molecule has 0 unspecified atom stereocenters. The van der Waals surface area contributed by atoms with Gasteiger partial charge in [-0.25, -0.2) is 4.98 Å². The number of pyridine rings is 3. The number of benzene rings is 1. The fraction of sp³-hybridized carbons (Fsp3) is 0.154. The monoisotopic (exact) mass is 493 g/mol. The molecule has 1 amide bonds. The van der Waals surface area contributed by atoms with E-state index in [-0.39, 0.29) is 29.0 Å². The minimum absolute atomic E-state index is 0.122. The van der Waals surface area contributed by atoms with Crippen molar-refractivity contribution in [2.75, 3.05) is 5.73 Å². The van der Waals surface area contributed by atoms with Crippen LogP contribution in [0.3, 0.4) is 0 Å². The molecule has 0 aliphatic carbocycles. The molecular formula is C26H22F3N5O2. The Hall–Kier alpha value is -4.47. The zero-order chi connectivity index (χ0) is 25.7. The summed E-state index contributed by atoms with van der Waals surface area (Å²) in [4.78, 5) is 34.8. The lowest BCUT2D eigenvalue weighted by Gasteiger charge is -2.13. The first-order valence-corrected chi connectivity index (χ1v) is 11.0. The first-order chi connectivity index (χ1) is 17.2. The molecule has 4 rings (SSSR count). The number of nitrogens with one attached hydrogen (secondary N) is 2. The number of halogens is 3. The maximum atomic E-state index is 13.2. The van der Waals surface area contributed by atoms with Crippen molar-refractivity contribution in [2.45, 2.75) is 25.6 Å². The van der Waals surface area contributed by atoms with E-state index in [0.717, 1.165) is 11.1 Å². The van der Waals surface area contributed by atoms with Gasteiger partial charge < -0.3 is 16.0 Å². The van der Waals surface area contributed by atoms with E-state index >= 15 is 0 Å². The van der Waals surface area contributed by atoms with Gasteiger partial charge in [0.2, 0.25) is 0 Å². The number of nitrogens with two attached hydrogens (primary N) is 1. The fourth-order valence-electron chi connectivity index (χ4n) is 3.68. The van der Waals surface area contributed by atoms with Crippen LogP contribution in [0.25, 0.3) is 0 Å². The van der Waals surface area contributed by atoms with Crippen molar-refractivity contribution >= 4 is 11.7 Å². The van der Waals surface area contributed by atoms with Gasteiger partial charge in [0.25, 0.3) is 11.5 Å². The predicted octanol–water partition coefficient (Wildman–Crippen LogP) is 3.88. The summed E-state index contributed by atoms with van der Waals surface area (Å²) >= 11 is 0. The Bertz CT molecular complexity index is 1430. The minimum Gasteiger partial charge on any atom is -0.384 e. The maximum absolute atomic E-state index is 13.2. The molecule has 0 saturated heterocycles. The molecule has 0 saturated carbocycles. The zero-order valence-electron chi connectivity index (χ0n) is 19.0. The Morgan fingerprint density at radius 3 is 2.39 bits per heavy atom. The second-order valence-corrected chi connectivity index (χ2v) is 8.15. The predicted molar refractivity (Wildman–Crippen MR) is 128 cm³/mol. The van der Waals surface area contributed by atoms with Crippen LogP contribution in [0.1, 0.15) is 44.0 Å². The van der Waals surface area contributed by atoms with E-state index in [2.05, 4.69) is 20.3 Å². The molecule has 3 heterocycles. The summed E-state index contributed by atoms with van der Waals surface area (Å²) in [5, 5.41) is 2.50. The lowest BCUT2D eigenvalue weighted by Crippen LogP contribution is -2.25. The first kappa shape index (κ1) is 24.6. The van der Waals surface area contributed by atoms with Crippen LogP contribution < -0.4 is 16.6 Å². The first-order valence-electron chi connectivity index (χ1n) is 11.0. The van der Waals surface area contributed by atoms with Crippen molar-refractivity contribution in [2.24, 2.45) is 0 Å². The molecule has 0 fully saturated rings. The highest BCUT2D eigenvalue weighted by Gasteiger charge is 2.35. The SMILES string of the molecule is Nc1ccc(CNC(=O)c2ccnc(Cc3ccc(Cc4ccc[nH]c4=O)cc3)c2)c(C(F)(F)F)n1. The Kier molecular flexibility index (Phi) is 7.14. The molecule has 0 spiro atoms. The molecule has 10 heteroatoms. The molecule has 0 radical (unpaired) electrons. The van der Waals surface area contributed by atoms with Gasteiger partial charge in [-0.2, -0.15) is 13.2 Å². The van der Waals surface area contributed by atoms with Crippen LogP contribution in [-0.2, 0) is 25.6 Å². The number of rotatable bonds is 7. The van der Waals surface area contributed by atoms with E-state index in [0.29, 0.717) is 24.1 Å². The van der Waals surface area contributed by atoms with Gasteiger partial charge in [0.05, 0.1) is 0 Å². The van der Waals surface area contributed by atoms with Gasteiger partial charge in [-0.15, -0.1) is 0 Å². The van der Waals surface area contributed by atoms with E-state index < -0.39 is 17.8 Å². The minimum atomic E-state index is -4.69. The number of carbonyl (C=O) groups is 1. The Balaban J connectivity index is 1.41. The molecule has 0 atom stereocenters. The van der Waals surface area contributed by atoms with Crippen LogP contribution in [0.15, 0.2) is 77.9 Å². The van der Waals surface area contributed by atoms with Crippen LogP contribution >= 0.6 is 0 Å². The number of carbonyl (C=O) groups excluding carboxylic acids is 1. The molecule has 3 aromatic heterocycles. The van der Waals surface area contributed by atoms with E-state index in [1.807, 2.05) is 24.3 Å². The largest absolute Gasteiger partial charge is 0.433 e. The van der Waals surface area contributed by atoms with Gasteiger partial charge in [-0.1, -0.05) is 36.4 Å². The molecule has 4 N–H and O–H groups in total. The second kappa shape index (κ2) is 10.4.